The molecule has 0 saturated carbocycles. The smallest absolute Gasteiger partial charge is 0.160 e. The van der Waals surface area contributed by atoms with Gasteiger partial charge in [-0.15, -0.1) is 0 Å². The molecule has 0 aliphatic heterocycles. The van der Waals surface area contributed by atoms with E-state index in [1.807, 2.05) is 12.1 Å². The summed E-state index contributed by atoms with van der Waals surface area (Å²) < 4.78 is 6.04. The molecule has 2 aromatic carbocycles. The number of hydrogen-bond acceptors (Lipinski definition) is 1. The summed E-state index contributed by atoms with van der Waals surface area (Å²) in [6.45, 7) is 9.06. The van der Waals surface area contributed by atoms with Crippen molar-refractivity contribution < 1.29 is 4.42 Å². The van der Waals surface area contributed by atoms with Crippen LogP contribution in [0.3, 0.4) is 0 Å². The maximum Gasteiger partial charge on any atom is 0.160 e. The summed E-state index contributed by atoms with van der Waals surface area (Å²) in [4.78, 5) is 1.54. The average Bonchev–Trinajstić information content (AvgIpc) is 2.92. The van der Waals surface area contributed by atoms with E-state index in [-0.39, 0.29) is 10.9 Å². The van der Waals surface area contributed by atoms with Crippen LogP contribution in [0.2, 0.25) is 0 Å². The molecule has 23 heavy (non-hydrogen) atoms. The summed E-state index contributed by atoms with van der Waals surface area (Å²) in [6.07, 6.45) is 5.50. The van der Waals surface area contributed by atoms with Gasteiger partial charge in [-0.05, 0) is 56.5 Å². The Kier molecular flexibility index (Phi) is 4.29. The normalized spacial score (nSPS) is 11.6. The average molecular weight is 325 g/mol. The van der Waals surface area contributed by atoms with Gasteiger partial charge in [-0.3, -0.25) is 0 Å². The van der Waals surface area contributed by atoms with Crippen molar-refractivity contribution in [3.8, 4) is 0 Å². The van der Waals surface area contributed by atoms with Crippen LogP contribution in [0.4, 0.5) is 0 Å². The zero-order chi connectivity index (χ0) is 16.7. The Labute approximate surface area is 142 Å². The molecule has 0 amide bonds. The van der Waals surface area contributed by atoms with Crippen LogP contribution in [0.25, 0.3) is 11.0 Å². The molecular formula is C21H25OS+. The number of hydrogen-bond donors (Lipinski definition) is 0. The summed E-state index contributed by atoms with van der Waals surface area (Å²) in [5.41, 5.74) is 8.15. The molecule has 0 radical (unpaired) electrons. The third-order valence-electron chi connectivity index (χ3n) is 4.95. The fourth-order valence-electron chi connectivity index (χ4n) is 3.53. The topological polar surface area (TPSA) is 13.1 Å². The van der Waals surface area contributed by atoms with Gasteiger partial charge in [0.2, 0.25) is 0 Å². The third-order valence-corrected chi connectivity index (χ3v) is 6.38. The van der Waals surface area contributed by atoms with E-state index in [4.69, 9.17) is 4.42 Å². The molecule has 1 heterocycles. The van der Waals surface area contributed by atoms with Crippen molar-refractivity contribution in [1.82, 2.24) is 0 Å². The fourth-order valence-corrected chi connectivity index (χ4v) is 5.06. The Balaban J connectivity index is 2.09. The van der Waals surface area contributed by atoms with Gasteiger partial charge in [0.15, 0.2) is 4.90 Å². The highest BCUT2D eigenvalue weighted by Gasteiger charge is 2.23. The quantitative estimate of drug-likeness (QED) is 0.580. The molecule has 3 rings (SSSR count). The van der Waals surface area contributed by atoms with Gasteiger partial charge in [0, 0.05) is 33.8 Å². The highest BCUT2D eigenvalue weighted by molar-refractivity contribution is 7.95. The second kappa shape index (κ2) is 6.09. The molecule has 0 aliphatic rings. The first-order valence-electron chi connectivity index (χ1n) is 8.04. The van der Waals surface area contributed by atoms with Crippen LogP contribution in [-0.4, -0.2) is 12.5 Å². The molecule has 0 unspecified atom stereocenters. The summed E-state index contributed by atoms with van der Waals surface area (Å²) in [6, 6.07) is 10.4. The lowest BCUT2D eigenvalue weighted by Gasteiger charge is -2.17. The zero-order valence-corrected chi connectivity index (χ0v) is 15.7. The molecule has 0 N–H and O–H groups in total. The van der Waals surface area contributed by atoms with Crippen LogP contribution in [0.1, 0.15) is 33.6 Å². The first-order chi connectivity index (χ1) is 10.9. The van der Waals surface area contributed by atoms with E-state index < -0.39 is 0 Å². The predicted octanol–water partition coefficient (Wildman–Crippen LogP) is 5.49. The number of fused-ring (bicyclic) bond motifs is 1. The molecule has 0 aliphatic carbocycles. The van der Waals surface area contributed by atoms with Crippen LogP contribution in [-0.2, 0) is 17.3 Å². The van der Waals surface area contributed by atoms with Gasteiger partial charge in [0.05, 0.1) is 0 Å². The SMILES string of the molecule is Cc1c(C)c([S+](C)C)c(C)c(C)c1Cc1cc2ccccc2o1. The second-order valence-electron chi connectivity index (χ2n) is 6.55. The van der Waals surface area contributed by atoms with Crippen molar-refractivity contribution in [2.75, 3.05) is 12.5 Å². The molecule has 1 nitrogen and oxygen atoms in total. The molecule has 120 valence electrons. The van der Waals surface area contributed by atoms with Crippen molar-refractivity contribution in [2.24, 2.45) is 0 Å². The minimum Gasteiger partial charge on any atom is -0.461 e. The zero-order valence-electron chi connectivity index (χ0n) is 14.9. The van der Waals surface area contributed by atoms with Gasteiger partial charge in [0.25, 0.3) is 0 Å². The molecular weight excluding hydrogens is 300 g/mol. The number of para-hydroxylation sites is 1. The summed E-state index contributed by atoms with van der Waals surface area (Å²) in [5.74, 6) is 1.05. The van der Waals surface area contributed by atoms with E-state index in [9.17, 15) is 0 Å². The standard InChI is InChI=1S/C21H25OS/c1-13-15(3)21(23(5)6)16(4)14(2)19(13)12-18-11-17-9-7-8-10-20(17)22-18/h7-11H,12H2,1-6H3/q+1. The van der Waals surface area contributed by atoms with Gasteiger partial charge in [-0.2, -0.15) is 0 Å². The van der Waals surface area contributed by atoms with E-state index in [0.29, 0.717) is 0 Å². The van der Waals surface area contributed by atoms with Crippen molar-refractivity contribution in [1.29, 1.82) is 0 Å². The molecule has 3 aromatic rings. The second-order valence-corrected chi connectivity index (χ2v) is 8.59. The summed E-state index contributed by atoms with van der Waals surface area (Å²) in [5, 5.41) is 1.19. The molecule has 0 saturated heterocycles. The predicted molar refractivity (Wildman–Crippen MR) is 102 cm³/mol. The molecule has 0 fully saturated rings. The lowest BCUT2D eigenvalue weighted by atomic mass is 9.91. The molecule has 2 heteroatoms. The Bertz CT molecular complexity index is 809. The Morgan fingerprint density at radius 3 is 2.04 bits per heavy atom. The lowest BCUT2D eigenvalue weighted by Crippen LogP contribution is -2.09. The Hall–Kier alpha value is -1.67. The first-order valence-corrected chi connectivity index (χ1v) is 10.1. The van der Waals surface area contributed by atoms with E-state index in [1.54, 1.807) is 0 Å². The molecule has 1 aromatic heterocycles. The molecule has 0 spiro atoms. The number of benzene rings is 2. The Morgan fingerprint density at radius 1 is 0.870 bits per heavy atom. The monoisotopic (exact) mass is 325 g/mol. The summed E-state index contributed by atoms with van der Waals surface area (Å²) >= 11 is 0. The van der Waals surface area contributed by atoms with Crippen LogP contribution < -0.4 is 0 Å². The van der Waals surface area contributed by atoms with Gasteiger partial charge in [0.1, 0.15) is 23.9 Å². The van der Waals surface area contributed by atoms with E-state index >= 15 is 0 Å². The molecule has 0 atom stereocenters. The van der Waals surface area contributed by atoms with E-state index in [0.717, 1.165) is 17.8 Å². The largest absolute Gasteiger partial charge is 0.461 e. The van der Waals surface area contributed by atoms with E-state index in [2.05, 4.69) is 58.4 Å². The van der Waals surface area contributed by atoms with Crippen molar-refractivity contribution in [3.05, 3.63) is 63.9 Å². The van der Waals surface area contributed by atoms with Crippen LogP contribution in [0.5, 0.6) is 0 Å². The van der Waals surface area contributed by atoms with Gasteiger partial charge >= 0.3 is 0 Å². The highest BCUT2D eigenvalue weighted by atomic mass is 32.2. The minimum atomic E-state index is 0.287. The number of furan rings is 1. The molecule has 0 bridgehead atoms. The summed E-state index contributed by atoms with van der Waals surface area (Å²) in [7, 11) is 0.287. The van der Waals surface area contributed by atoms with Gasteiger partial charge < -0.3 is 4.42 Å². The van der Waals surface area contributed by atoms with Crippen molar-refractivity contribution in [2.45, 2.75) is 39.0 Å². The highest BCUT2D eigenvalue weighted by Crippen LogP contribution is 2.32. The van der Waals surface area contributed by atoms with Crippen LogP contribution in [0.15, 0.2) is 39.6 Å². The minimum absolute atomic E-state index is 0.287. The van der Waals surface area contributed by atoms with Crippen LogP contribution >= 0.6 is 0 Å². The van der Waals surface area contributed by atoms with Gasteiger partial charge in [-0.1, -0.05) is 18.2 Å². The van der Waals surface area contributed by atoms with E-state index in [1.165, 1.54) is 38.1 Å². The van der Waals surface area contributed by atoms with Crippen LogP contribution in [0, 0.1) is 27.7 Å². The maximum atomic E-state index is 6.04. The van der Waals surface area contributed by atoms with Crippen molar-refractivity contribution in [3.63, 3.8) is 0 Å². The number of rotatable bonds is 3. The maximum absolute atomic E-state index is 6.04. The first kappa shape index (κ1) is 16.2. The van der Waals surface area contributed by atoms with Gasteiger partial charge in [-0.25, -0.2) is 0 Å². The Morgan fingerprint density at radius 2 is 1.48 bits per heavy atom. The third kappa shape index (κ3) is 2.81. The van der Waals surface area contributed by atoms with Crippen molar-refractivity contribution >= 4 is 21.9 Å². The lowest BCUT2D eigenvalue weighted by molar-refractivity contribution is 0.561. The fraction of sp³-hybridized carbons (Fsp3) is 0.333.